The summed E-state index contributed by atoms with van der Waals surface area (Å²) in [6, 6.07) is 12.4. The van der Waals surface area contributed by atoms with Crippen LogP contribution in [-0.4, -0.2) is 21.3 Å². The van der Waals surface area contributed by atoms with Crippen molar-refractivity contribution < 1.29 is 0 Å². The van der Waals surface area contributed by atoms with E-state index in [2.05, 4.69) is 46.6 Å². The second-order valence-corrected chi connectivity index (χ2v) is 4.82. The Hall–Kier alpha value is -2.20. The Morgan fingerprint density at radius 2 is 2.05 bits per heavy atom. The van der Waals surface area contributed by atoms with Gasteiger partial charge in [-0.05, 0) is 24.1 Å². The number of rotatable bonds is 4. The molecule has 1 N–H and O–H groups in total. The number of hydrogen-bond acceptors (Lipinski definition) is 3. The fourth-order valence-electron chi connectivity index (χ4n) is 2.51. The van der Waals surface area contributed by atoms with Gasteiger partial charge in [0, 0.05) is 24.8 Å². The molecule has 1 unspecified atom stereocenters. The Morgan fingerprint density at radius 1 is 1.20 bits per heavy atom. The summed E-state index contributed by atoms with van der Waals surface area (Å²) in [6.07, 6.45) is 3.83. The summed E-state index contributed by atoms with van der Waals surface area (Å²) in [7, 11) is 1.93. The molecule has 0 aliphatic carbocycles. The van der Waals surface area contributed by atoms with E-state index in [4.69, 9.17) is 0 Å². The fraction of sp³-hybridized carbons (Fsp3) is 0.250. The molecule has 1 atom stereocenters. The molecule has 0 amide bonds. The standard InChI is InChI=1S/C16H18N4/c1-3-17-16(14-9-11-20(2)19-14)15-13-7-5-4-6-12(13)8-10-18-15/h4-11,16-17H,3H2,1-2H3. The molecule has 0 fully saturated rings. The monoisotopic (exact) mass is 266 g/mol. The Kier molecular flexibility index (Phi) is 3.48. The van der Waals surface area contributed by atoms with Gasteiger partial charge >= 0.3 is 0 Å². The summed E-state index contributed by atoms with van der Waals surface area (Å²) in [4.78, 5) is 4.60. The molecule has 102 valence electrons. The Bertz CT molecular complexity index is 712. The molecule has 1 aromatic carbocycles. The molecule has 0 aliphatic heterocycles. The molecule has 4 nitrogen and oxygen atoms in total. The molecule has 20 heavy (non-hydrogen) atoms. The van der Waals surface area contributed by atoms with Crippen LogP contribution in [0.2, 0.25) is 0 Å². The first-order valence-electron chi connectivity index (χ1n) is 6.86. The second kappa shape index (κ2) is 5.43. The van der Waals surface area contributed by atoms with Gasteiger partial charge in [-0.3, -0.25) is 9.67 Å². The number of fused-ring (bicyclic) bond motifs is 1. The quantitative estimate of drug-likeness (QED) is 0.789. The zero-order valence-corrected chi connectivity index (χ0v) is 11.7. The molecular weight excluding hydrogens is 248 g/mol. The highest BCUT2D eigenvalue weighted by molar-refractivity contribution is 5.84. The minimum atomic E-state index is 0.0206. The SMILES string of the molecule is CCNC(c1ccn(C)n1)c1nccc2ccccc12. The lowest BCUT2D eigenvalue weighted by atomic mass is 10.0. The maximum absolute atomic E-state index is 4.60. The van der Waals surface area contributed by atoms with Gasteiger partial charge in [0.15, 0.2) is 0 Å². The van der Waals surface area contributed by atoms with Gasteiger partial charge in [0.05, 0.1) is 17.4 Å². The van der Waals surface area contributed by atoms with Gasteiger partial charge in [-0.2, -0.15) is 5.10 Å². The third-order valence-corrected chi connectivity index (χ3v) is 3.42. The lowest BCUT2D eigenvalue weighted by molar-refractivity contribution is 0.591. The summed E-state index contributed by atoms with van der Waals surface area (Å²) in [5, 5.41) is 10.4. The van der Waals surface area contributed by atoms with E-state index in [-0.39, 0.29) is 6.04 Å². The topological polar surface area (TPSA) is 42.7 Å². The average molecular weight is 266 g/mol. The summed E-state index contributed by atoms with van der Waals surface area (Å²) in [6.45, 7) is 2.97. The zero-order chi connectivity index (χ0) is 13.9. The summed E-state index contributed by atoms with van der Waals surface area (Å²) >= 11 is 0. The maximum Gasteiger partial charge on any atom is 0.0949 e. The largest absolute Gasteiger partial charge is 0.304 e. The minimum absolute atomic E-state index is 0.0206. The molecular formula is C16H18N4. The van der Waals surface area contributed by atoms with E-state index in [9.17, 15) is 0 Å². The molecule has 0 saturated carbocycles. The van der Waals surface area contributed by atoms with E-state index >= 15 is 0 Å². The first-order chi connectivity index (χ1) is 9.79. The van der Waals surface area contributed by atoms with Crippen molar-refractivity contribution in [1.29, 1.82) is 0 Å². The number of aromatic nitrogens is 3. The highest BCUT2D eigenvalue weighted by atomic mass is 15.3. The van der Waals surface area contributed by atoms with Gasteiger partial charge in [0.2, 0.25) is 0 Å². The van der Waals surface area contributed by atoms with E-state index in [1.807, 2.05) is 36.3 Å². The van der Waals surface area contributed by atoms with Crippen molar-refractivity contribution in [3.8, 4) is 0 Å². The van der Waals surface area contributed by atoms with Crippen LogP contribution in [0.5, 0.6) is 0 Å². The molecule has 3 rings (SSSR count). The molecule has 0 spiro atoms. The highest BCUT2D eigenvalue weighted by Crippen LogP contribution is 2.26. The van der Waals surface area contributed by atoms with E-state index < -0.39 is 0 Å². The van der Waals surface area contributed by atoms with Crippen LogP contribution >= 0.6 is 0 Å². The molecule has 2 heterocycles. The summed E-state index contributed by atoms with van der Waals surface area (Å²) < 4.78 is 1.82. The number of nitrogens with zero attached hydrogens (tertiary/aromatic N) is 3. The number of aryl methyl sites for hydroxylation is 1. The first-order valence-corrected chi connectivity index (χ1v) is 6.86. The molecule has 0 aliphatic rings. The molecule has 0 radical (unpaired) electrons. The van der Waals surface area contributed by atoms with Crippen LogP contribution in [0.25, 0.3) is 10.8 Å². The van der Waals surface area contributed by atoms with Crippen molar-refractivity contribution in [2.75, 3.05) is 6.54 Å². The van der Waals surface area contributed by atoms with Crippen LogP contribution < -0.4 is 5.32 Å². The maximum atomic E-state index is 4.60. The smallest absolute Gasteiger partial charge is 0.0949 e. The van der Waals surface area contributed by atoms with Crippen molar-refractivity contribution in [2.24, 2.45) is 7.05 Å². The van der Waals surface area contributed by atoms with E-state index in [1.54, 1.807) is 0 Å². The van der Waals surface area contributed by atoms with Crippen LogP contribution in [0.4, 0.5) is 0 Å². The number of nitrogens with one attached hydrogen (secondary N) is 1. The molecule has 2 aromatic heterocycles. The Morgan fingerprint density at radius 3 is 2.80 bits per heavy atom. The Labute approximate surface area is 118 Å². The van der Waals surface area contributed by atoms with Crippen LogP contribution in [0.15, 0.2) is 48.8 Å². The Balaban J connectivity index is 2.14. The molecule has 4 heteroatoms. The van der Waals surface area contributed by atoms with Gasteiger partial charge in [-0.25, -0.2) is 0 Å². The molecule has 0 saturated heterocycles. The van der Waals surface area contributed by atoms with Crippen molar-refractivity contribution in [1.82, 2.24) is 20.1 Å². The van der Waals surface area contributed by atoms with Crippen LogP contribution in [0, 0.1) is 0 Å². The van der Waals surface area contributed by atoms with Crippen molar-refractivity contribution in [2.45, 2.75) is 13.0 Å². The number of hydrogen-bond donors (Lipinski definition) is 1. The average Bonchev–Trinajstić information content (AvgIpc) is 2.91. The van der Waals surface area contributed by atoms with E-state index in [1.165, 1.54) is 10.8 Å². The van der Waals surface area contributed by atoms with Crippen molar-refractivity contribution in [3.05, 3.63) is 60.2 Å². The third kappa shape index (κ3) is 2.30. The summed E-state index contributed by atoms with van der Waals surface area (Å²) in [5.41, 5.74) is 2.03. The van der Waals surface area contributed by atoms with E-state index in [0.29, 0.717) is 0 Å². The van der Waals surface area contributed by atoms with Crippen molar-refractivity contribution >= 4 is 10.8 Å². The summed E-state index contributed by atoms with van der Waals surface area (Å²) in [5.74, 6) is 0. The predicted molar refractivity (Wildman–Crippen MR) is 80.5 cm³/mol. The van der Waals surface area contributed by atoms with Crippen LogP contribution in [-0.2, 0) is 7.05 Å². The zero-order valence-electron chi connectivity index (χ0n) is 11.7. The normalized spacial score (nSPS) is 12.7. The van der Waals surface area contributed by atoms with Gasteiger partial charge in [0.25, 0.3) is 0 Å². The minimum Gasteiger partial charge on any atom is -0.304 e. The number of pyridine rings is 1. The van der Waals surface area contributed by atoms with Gasteiger partial charge < -0.3 is 5.32 Å². The lowest BCUT2D eigenvalue weighted by Gasteiger charge is -2.17. The lowest BCUT2D eigenvalue weighted by Crippen LogP contribution is -2.23. The van der Waals surface area contributed by atoms with E-state index in [0.717, 1.165) is 17.9 Å². The highest BCUT2D eigenvalue weighted by Gasteiger charge is 2.19. The number of benzene rings is 1. The molecule has 3 aromatic rings. The fourth-order valence-corrected chi connectivity index (χ4v) is 2.51. The van der Waals surface area contributed by atoms with Gasteiger partial charge in [-0.15, -0.1) is 0 Å². The molecule has 0 bridgehead atoms. The van der Waals surface area contributed by atoms with Gasteiger partial charge in [-0.1, -0.05) is 31.2 Å². The predicted octanol–water partition coefficient (Wildman–Crippen LogP) is 2.67. The first kappa shape index (κ1) is 12.8. The third-order valence-electron chi connectivity index (χ3n) is 3.42. The van der Waals surface area contributed by atoms with Crippen LogP contribution in [0.1, 0.15) is 24.4 Å². The van der Waals surface area contributed by atoms with Crippen molar-refractivity contribution in [3.63, 3.8) is 0 Å². The van der Waals surface area contributed by atoms with Crippen LogP contribution in [0.3, 0.4) is 0 Å². The second-order valence-electron chi connectivity index (χ2n) is 4.82. The van der Waals surface area contributed by atoms with Gasteiger partial charge in [0.1, 0.15) is 0 Å².